The van der Waals surface area contributed by atoms with Gasteiger partial charge >= 0.3 is 0 Å². The number of aromatic amines is 1. The smallest absolute Gasteiger partial charge is 0.291 e. The molecule has 7 heteroatoms. The molecule has 0 aliphatic carbocycles. The molecule has 17 heavy (non-hydrogen) atoms. The summed E-state index contributed by atoms with van der Waals surface area (Å²) in [6.07, 6.45) is 0. The summed E-state index contributed by atoms with van der Waals surface area (Å²) in [6.45, 7) is 3.60. The minimum absolute atomic E-state index is 0.102. The zero-order chi connectivity index (χ0) is 12.6. The van der Waals surface area contributed by atoms with Crippen molar-refractivity contribution in [2.45, 2.75) is 13.0 Å². The van der Waals surface area contributed by atoms with Crippen molar-refractivity contribution in [2.24, 2.45) is 5.92 Å². The number of anilines is 1. The van der Waals surface area contributed by atoms with E-state index in [9.17, 15) is 4.79 Å². The lowest BCUT2D eigenvalue weighted by Gasteiger charge is -2.22. The van der Waals surface area contributed by atoms with Gasteiger partial charge < -0.3 is 15.5 Å². The molecule has 94 valence electrons. The van der Waals surface area contributed by atoms with Crippen LogP contribution in [-0.2, 0) is 0 Å². The van der Waals surface area contributed by atoms with Crippen LogP contribution in [0.2, 0.25) is 0 Å². The van der Waals surface area contributed by atoms with Gasteiger partial charge in [-0.15, -0.1) is 5.10 Å². The lowest BCUT2D eigenvalue weighted by Crippen LogP contribution is -2.36. The van der Waals surface area contributed by atoms with Crippen LogP contribution in [0.3, 0.4) is 0 Å². The number of hydrogen-bond donors (Lipinski definition) is 2. The fourth-order valence-electron chi connectivity index (χ4n) is 2.31. The third-order valence-electron chi connectivity index (χ3n) is 3.23. The molecular formula is C10H18N6O. The van der Waals surface area contributed by atoms with Crippen molar-refractivity contribution < 1.29 is 4.79 Å². The average molecular weight is 238 g/mol. The Morgan fingerprint density at radius 2 is 2.24 bits per heavy atom. The van der Waals surface area contributed by atoms with Gasteiger partial charge in [0.1, 0.15) is 0 Å². The van der Waals surface area contributed by atoms with E-state index in [4.69, 9.17) is 5.73 Å². The second-order valence-electron chi connectivity index (χ2n) is 4.76. The number of carbonyl (C=O) groups excluding carboxylic acids is 1. The molecule has 1 amide bonds. The number of amides is 1. The fourth-order valence-corrected chi connectivity index (χ4v) is 2.31. The van der Waals surface area contributed by atoms with Gasteiger partial charge in [0.15, 0.2) is 0 Å². The summed E-state index contributed by atoms with van der Waals surface area (Å²) in [4.78, 5) is 19.9. The number of likely N-dealkylation sites (N-methyl/N-ethyl adjacent to an activating group) is 1. The number of hydrogen-bond acceptors (Lipinski definition) is 5. The molecule has 0 saturated carbocycles. The Bertz CT molecular complexity index is 415. The van der Waals surface area contributed by atoms with Crippen molar-refractivity contribution in [1.29, 1.82) is 0 Å². The summed E-state index contributed by atoms with van der Waals surface area (Å²) in [5, 5.41) is 6.22. The summed E-state index contributed by atoms with van der Waals surface area (Å²) >= 11 is 0. The van der Waals surface area contributed by atoms with Crippen LogP contribution in [0.5, 0.6) is 0 Å². The standard InChI is InChI=1S/C10H18N6O/c1-6-4-16(5-7(6)15(2)3)9(17)8-12-10(11)14-13-8/h6-7H,4-5H2,1-3H3,(H3,11,12,13,14). The number of H-pyrrole nitrogens is 1. The predicted molar refractivity (Wildman–Crippen MR) is 63.3 cm³/mol. The fraction of sp³-hybridized carbons (Fsp3) is 0.700. The Morgan fingerprint density at radius 1 is 1.53 bits per heavy atom. The zero-order valence-electron chi connectivity index (χ0n) is 10.3. The van der Waals surface area contributed by atoms with E-state index in [1.807, 2.05) is 14.1 Å². The number of nitrogens with one attached hydrogen (secondary N) is 1. The Labute approximate surface area is 100.0 Å². The monoisotopic (exact) mass is 238 g/mol. The summed E-state index contributed by atoms with van der Waals surface area (Å²) in [5.74, 6) is 0.637. The minimum Gasteiger partial charge on any atom is -0.366 e. The van der Waals surface area contributed by atoms with E-state index < -0.39 is 0 Å². The summed E-state index contributed by atoms with van der Waals surface area (Å²) in [5.41, 5.74) is 5.39. The lowest BCUT2D eigenvalue weighted by atomic mass is 10.1. The molecule has 0 radical (unpaired) electrons. The van der Waals surface area contributed by atoms with Crippen LogP contribution in [0.15, 0.2) is 0 Å². The Kier molecular flexibility index (Phi) is 3.01. The van der Waals surface area contributed by atoms with E-state index in [1.54, 1.807) is 4.90 Å². The first-order chi connectivity index (χ1) is 7.99. The van der Waals surface area contributed by atoms with Crippen LogP contribution in [0, 0.1) is 5.92 Å². The second kappa shape index (κ2) is 4.33. The van der Waals surface area contributed by atoms with E-state index in [0.717, 1.165) is 6.54 Å². The summed E-state index contributed by atoms with van der Waals surface area (Å²) in [6, 6.07) is 0.388. The Balaban J connectivity index is 2.08. The number of carbonyl (C=O) groups is 1. The molecule has 0 spiro atoms. The molecule has 2 unspecified atom stereocenters. The van der Waals surface area contributed by atoms with Crippen molar-refractivity contribution in [1.82, 2.24) is 25.0 Å². The van der Waals surface area contributed by atoms with E-state index in [2.05, 4.69) is 27.0 Å². The maximum Gasteiger partial charge on any atom is 0.291 e. The SMILES string of the molecule is CC1CN(C(=O)c2nc(N)n[nH]2)CC1N(C)C. The minimum atomic E-state index is -0.134. The average Bonchev–Trinajstić information content (AvgIpc) is 2.83. The van der Waals surface area contributed by atoms with Gasteiger partial charge in [0.05, 0.1) is 0 Å². The van der Waals surface area contributed by atoms with Gasteiger partial charge in [-0.25, -0.2) is 0 Å². The zero-order valence-corrected chi connectivity index (χ0v) is 10.3. The molecule has 3 N–H and O–H groups in total. The highest BCUT2D eigenvalue weighted by Gasteiger charge is 2.34. The topological polar surface area (TPSA) is 91.1 Å². The van der Waals surface area contributed by atoms with Gasteiger partial charge in [0.2, 0.25) is 11.8 Å². The molecule has 1 aliphatic heterocycles. The Hall–Kier alpha value is -1.63. The van der Waals surface area contributed by atoms with E-state index >= 15 is 0 Å². The maximum atomic E-state index is 12.1. The third-order valence-corrected chi connectivity index (χ3v) is 3.23. The highest BCUT2D eigenvalue weighted by Crippen LogP contribution is 2.21. The first-order valence-electron chi connectivity index (χ1n) is 5.62. The highest BCUT2D eigenvalue weighted by molar-refractivity contribution is 5.90. The second-order valence-corrected chi connectivity index (χ2v) is 4.76. The van der Waals surface area contributed by atoms with Crippen molar-refractivity contribution in [3.8, 4) is 0 Å². The largest absolute Gasteiger partial charge is 0.366 e. The summed E-state index contributed by atoms with van der Waals surface area (Å²) in [7, 11) is 4.06. The van der Waals surface area contributed by atoms with Crippen LogP contribution in [0.4, 0.5) is 5.95 Å². The Morgan fingerprint density at radius 3 is 2.71 bits per heavy atom. The molecule has 1 saturated heterocycles. The van der Waals surface area contributed by atoms with Crippen molar-refractivity contribution in [3.63, 3.8) is 0 Å². The normalized spacial score (nSPS) is 24.6. The molecule has 2 rings (SSSR count). The van der Waals surface area contributed by atoms with Crippen molar-refractivity contribution in [2.75, 3.05) is 32.9 Å². The molecule has 2 atom stereocenters. The molecule has 1 aliphatic rings. The highest BCUT2D eigenvalue weighted by atomic mass is 16.2. The first kappa shape index (κ1) is 11.8. The van der Waals surface area contributed by atoms with Gasteiger partial charge in [0, 0.05) is 19.1 Å². The van der Waals surface area contributed by atoms with Crippen molar-refractivity contribution in [3.05, 3.63) is 5.82 Å². The lowest BCUT2D eigenvalue weighted by molar-refractivity contribution is 0.0770. The van der Waals surface area contributed by atoms with Gasteiger partial charge in [0.25, 0.3) is 5.91 Å². The number of nitrogens with two attached hydrogens (primary N) is 1. The molecule has 2 heterocycles. The van der Waals surface area contributed by atoms with Gasteiger partial charge in [-0.05, 0) is 20.0 Å². The molecule has 7 nitrogen and oxygen atoms in total. The summed E-state index contributed by atoms with van der Waals surface area (Å²) < 4.78 is 0. The van der Waals surface area contributed by atoms with E-state index in [0.29, 0.717) is 18.5 Å². The maximum absolute atomic E-state index is 12.1. The molecule has 0 aromatic carbocycles. The number of likely N-dealkylation sites (tertiary alicyclic amines) is 1. The van der Waals surface area contributed by atoms with E-state index in [1.165, 1.54) is 0 Å². The number of nitrogen functional groups attached to an aromatic ring is 1. The van der Waals surface area contributed by atoms with Crippen molar-refractivity contribution >= 4 is 11.9 Å². The van der Waals surface area contributed by atoms with E-state index in [-0.39, 0.29) is 17.7 Å². The molecule has 1 aromatic rings. The van der Waals surface area contributed by atoms with Crippen LogP contribution >= 0.6 is 0 Å². The van der Waals surface area contributed by atoms with Gasteiger partial charge in [-0.2, -0.15) is 4.98 Å². The van der Waals surface area contributed by atoms with Gasteiger partial charge in [-0.1, -0.05) is 6.92 Å². The number of rotatable bonds is 2. The van der Waals surface area contributed by atoms with Crippen LogP contribution in [-0.4, -0.2) is 64.1 Å². The van der Waals surface area contributed by atoms with Crippen LogP contribution in [0.25, 0.3) is 0 Å². The molecule has 1 aromatic heterocycles. The van der Waals surface area contributed by atoms with Gasteiger partial charge in [-0.3, -0.25) is 9.89 Å². The molecule has 1 fully saturated rings. The predicted octanol–water partition coefficient (Wildman–Crippen LogP) is -0.591. The first-order valence-corrected chi connectivity index (χ1v) is 5.62. The van der Waals surface area contributed by atoms with Crippen LogP contribution < -0.4 is 5.73 Å². The number of nitrogens with zero attached hydrogens (tertiary/aromatic N) is 4. The molecular weight excluding hydrogens is 220 g/mol. The number of aromatic nitrogens is 3. The molecule has 0 bridgehead atoms. The third kappa shape index (κ3) is 2.23. The quantitative estimate of drug-likeness (QED) is 0.718. The van der Waals surface area contributed by atoms with Crippen LogP contribution in [0.1, 0.15) is 17.5 Å².